The minimum absolute atomic E-state index is 0.120. The molecule has 0 atom stereocenters. The largest absolute Gasteiger partial charge is 0.495 e. The second-order valence-corrected chi connectivity index (χ2v) is 9.92. The number of amides is 2. The van der Waals surface area contributed by atoms with Crippen LogP contribution in [0.2, 0.25) is 0 Å². The number of carbonyl (C=O) groups is 1. The number of methoxy groups -OCH3 is 1. The summed E-state index contributed by atoms with van der Waals surface area (Å²) in [6, 6.07) is 8.22. The lowest BCUT2D eigenvalue weighted by Crippen LogP contribution is -2.28. The highest BCUT2D eigenvalue weighted by Crippen LogP contribution is 3.02. The molecule has 2 aromatic carbocycles. The van der Waals surface area contributed by atoms with Crippen LogP contribution in [0.1, 0.15) is 5.56 Å². The lowest BCUT2D eigenvalue weighted by molar-refractivity contribution is 0.251. The topological polar surface area (TPSA) is 103 Å². The number of urea groups is 1. The van der Waals surface area contributed by atoms with Crippen molar-refractivity contribution in [2.45, 2.75) is 11.4 Å². The molecule has 4 aromatic rings. The lowest BCUT2D eigenvalue weighted by atomic mass is 10.2. The van der Waals surface area contributed by atoms with E-state index in [4.69, 9.17) is 9.47 Å². The first-order chi connectivity index (χ1) is 17.3. The van der Waals surface area contributed by atoms with Crippen LogP contribution in [0.4, 0.5) is 29.9 Å². The minimum atomic E-state index is -9.97. The van der Waals surface area contributed by atoms with Gasteiger partial charge in [-0.2, -0.15) is 4.98 Å². The fraction of sp³-hybridized carbons (Fsp3) is 0.0909. The Kier molecular flexibility index (Phi) is 6.19. The molecular formula is C22H19F5N6O3S. The third kappa shape index (κ3) is 6.43. The van der Waals surface area contributed by atoms with Crippen LogP contribution in [-0.4, -0.2) is 32.7 Å². The van der Waals surface area contributed by atoms with Gasteiger partial charge in [0.1, 0.15) is 22.7 Å². The zero-order valence-electron chi connectivity index (χ0n) is 18.9. The molecule has 0 bridgehead atoms. The summed E-state index contributed by atoms with van der Waals surface area (Å²) < 4.78 is 78.3. The molecule has 15 heteroatoms. The number of nitrogens with zero attached hydrogens (tertiary/aromatic N) is 4. The van der Waals surface area contributed by atoms with E-state index in [0.717, 1.165) is 7.11 Å². The average Bonchev–Trinajstić information content (AvgIpc) is 3.37. The standard InChI is InChI=1S/C22H19F5N6O3S/c1-35-19-7-6-16(37(23,24,25,26)27)12-17(19)31-22(34)30-13-15-4-2-3-5-18(15)36-20-8-9-29-21(32-20)33-11-10-28-14-33/h2-12,14H,13H2,1H3,(H2,30,31,34). The second-order valence-electron chi connectivity index (χ2n) is 7.51. The summed E-state index contributed by atoms with van der Waals surface area (Å²) in [6.45, 7) is -0.120. The number of ether oxygens (including phenoxy) is 2. The average molecular weight is 542 g/mol. The number of benzene rings is 2. The Balaban J connectivity index is 1.47. The first-order valence-corrected chi connectivity index (χ1v) is 12.3. The zero-order chi connectivity index (χ0) is 26.7. The predicted molar refractivity (Wildman–Crippen MR) is 126 cm³/mol. The van der Waals surface area contributed by atoms with Gasteiger partial charge >= 0.3 is 16.3 Å². The molecule has 0 fully saturated rings. The molecule has 2 heterocycles. The molecule has 196 valence electrons. The Labute approximate surface area is 207 Å². The van der Waals surface area contributed by atoms with Gasteiger partial charge in [0.25, 0.3) is 0 Å². The van der Waals surface area contributed by atoms with Gasteiger partial charge in [0.2, 0.25) is 11.8 Å². The van der Waals surface area contributed by atoms with E-state index in [0.29, 0.717) is 23.3 Å². The second kappa shape index (κ2) is 8.92. The predicted octanol–water partition coefficient (Wildman–Crippen LogP) is 6.44. The number of carbonyl (C=O) groups excluding carboxylic acids is 1. The summed E-state index contributed by atoms with van der Waals surface area (Å²) in [5.41, 5.74) is -0.0866. The van der Waals surface area contributed by atoms with Gasteiger partial charge in [0, 0.05) is 36.8 Å². The van der Waals surface area contributed by atoms with Crippen LogP contribution in [-0.2, 0) is 6.54 Å². The summed E-state index contributed by atoms with van der Waals surface area (Å²) >= 11 is 0. The minimum Gasteiger partial charge on any atom is -0.495 e. The van der Waals surface area contributed by atoms with Crippen molar-refractivity contribution in [3.8, 4) is 23.3 Å². The smallest absolute Gasteiger partial charge is 0.319 e. The fourth-order valence-corrected chi connectivity index (χ4v) is 3.79. The zero-order valence-corrected chi connectivity index (χ0v) is 19.8. The van der Waals surface area contributed by atoms with E-state index in [1.54, 1.807) is 41.2 Å². The quantitative estimate of drug-likeness (QED) is 0.248. The molecule has 0 radical (unpaired) electrons. The number of rotatable bonds is 8. The molecule has 0 spiro atoms. The van der Waals surface area contributed by atoms with Crippen molar-refractivity contribution in [3.63, 3.8) is 0 Å². The van der Waals surface area contributed by atoms with Gasteiger partial charge in [0.15, 0.2) is 0 Å². The van der Waals surface area contributed by atoms with Gasteiger partial charge in [-0.25, -0.2) is 14.8 Å². The molecule has 0 aliphatic rings. The van der Waals surface area contributed by atoms with Gasteiger partial charge in [-0.3, -0.25) is 4.57 Å². The number of halogens is 5. The van der Waals surface area contributed by atoms with Crippen molar-refractivity contribution >= 4 is 21.9 Å². The maximum Gasteiger partial charge on any atom is 0.319 e. The summed E-state index contributed by atoms with van der Waals surface area (Å²) in [5, 5.41) is 4.56. The molecular weight excluding hydrogens is 523 g/mol. The first kappa shape index (κ1) is 25.7. The summed E-state index contributed by atoms with van der Waals surface area (Å²) in [4.78, 5) is 22.6. The number of imidazole rings is 1. The molecule has 9 nitrogen and oxygen atoms in total. The molecule has 2 amide bonds. The van der Waals surface area contributed by atoms with E-state index in [1.165, 1.54) is 18.6 Å². The van der Waals surface area contributed by atoms with E-state index in [-0.39, 0.29) is 30.3 Å². The van der Waals surface area contributed by atoms with Crippen LogP contribution in [0.3, 0.4) is 0 Å². The van der Waals surface area contributed by atoms with Crippen molar-refractivity contribution in [1.29, 1.82) is 0 Å². The van der Waals surface area contributed by atoms with Gasteiger partial charge in [-0.05, 0) is 24.3 Å². The van der Waals surface area contributed by atoms with Crippen LogP contribution in [0.5, 0.6) is 17.4 Å². The first-order valence-electron chi connectivity index (χ1n) is 10.4. The molecule has 0 saturated heterocycles. The summed E-state index contributed by atoms with van der Waals surface area (Å²) in [5.74, 6) is 0.612. The molecule has 4 rings (SSSR count). The maximum absolute atomic E-state index is 13.2. The molecule has 2 aromatic heterocycles. The van der Waals surface area contributed by atoms with E-state index in [2.05, 4.69) is 25.6 Å². The fourth-order valence-electron chi connectivity index (χ4n) is 3.12. The summed E-state index contributed by atoms with van der Waals surface area (Å²) in [6.07, 6.45) is 6.21. The van der Waals surface area contributed by atoms with Crippen LogP contribution in [0.15, 0.2) is 78.3 Å². The number of nitrogens with one attached hydrogen (secondary N) is 2. The van der Waals surface area contributed by atoms with Gasteiger partial charge in [-0.15, -0.1) is 0 Å². The van der Waals surface area contributed by atoms with Crippen molar-refractivity contribution < 1.29 is 33.7 Å². The molecule has 37 heavy (non-hydrogen) atoms. The highest BCUT2D eigenvalue weighted by Gasteiger charge is 2.65. The Bertz CT molecular complexity index is 1440. The molecule has 0 aliphatic heterocycles. The van der Waals surface area contributed by atoms with E-state index < -0.39 is 26.8 Å². The third-order valence-corrected chi connectivity index (χ3v) is 5.99. The number of aromatic nitrogens is 4. The van der Waals surface area contributed by atoms with Crippen LogP contribution in [0, 0.1) is 0 Å². The highest BCUT2D eigenvalue weighted by molar-refractivity contribution is 8.45. The molecule has 0 saturated carbocycles. The SMILES string of the molecule is COc1ccc(S(F)(F)(F)(F)F)cc1NC(=O)NCc1ccccc1Oc1ccnc(-n2ccnc2)n1. The van der Waals surface area contributed by atoms with Gasteiger partial charge in [0.05, 0.1) is 12.8 Å². The van der Waals surface area contributed by atoms with Crippen LogP contribution >= 0.6 is 10.2 Å². The monoisotopic (exact) mass is 542 g/mol. The molecule has 2 N–H and O–H groups in total. The Morgan fingerprint density at radius 3 is 2.51 bits per heavy atom. The van der Waals surface area contributed by atoms with E-state index in [9.17, 15) is 24.2 Å². The van der Waals surface area contributed by atoms with Crippen molar-refractivity contribution in [2.75, 3.05) is 12.4 Å². The third-order valence-electron chi connectivity index (χ3n) is 4.84. The van der Waals surface area contributed by atoms with Crippen molar-refractivity contribution in [1.82, 2.24) is 24.8 Å². The number of hydrogen-bond acceptors (Lipinski definition) is 6. The highest BCUT2D eigenvalue weighted by atomic mass is 32.5. The van der Waals surface area contributed by atoms with E-state index >= 15 is 0 Å². The Morgan fingerprint density at radius 1 is 1.03 bits per heavy atom. The Morgan fingerprint density at radius 2 is 1.81 bits per heavy atom. The number of hydrogen-bond donors (Lipinski definition) is 2. The Hall–Kier alpha value is -4.40. The lowest BCUT2D eigenvalue weighted by Gasteiger charge is -2.40. The van der Waals surface area contributed by atoms with Crippen molar-refractivity contribution in [3.05, 3.63) is 79.0 Å². The van der Waals surface area contributed by atoms with Crippen molar-refractivity contribution in [2.24, 2.45) is 0 Å². The summed E-state index contributed by atoms with van der Waals surface area (Å²) in [7, 11) is -8.84. The molecule has 0 aliphatic carbocycles. The van der Waals surface area contributed by atoms with Crippen LogP contribution < -0.4 is 20.1 Å². The normalized spacial score (nSPS) is 13.2. The molecule has 0 unspecified atom stereocenters. The van der Waals surface area contributed by atoms with E-state index in [1.807, 2.05) is 0 Å². The number of anilines is 1. The van der Waals surface area contributed by atoms with Gasteiger partial charge in [-0.1, -0.05) is 37.6 Å². The maximum atomic E-state index is 13.2. The van der Waals surface area contributed by atoms with Crippen LogP contribution in [0.25, 0.3) is 5.95 Å². The van der Waals surface area contributed by atoms with Gasteiger partial charge < -0.3 is 20.1 Å². The number of para-hydroxylation sites is 1.